The van der Waals surface area contributed by atoms with Gasteiger partial charge >= 0.3 is 0 Å². The molecule has 2 N–H and O–H groups in total. The quantitative estimate of drug-likeness (QED) is 0.750. The molecule has 7 nitrogen and oxygen atoms in total. The van der Waals surface area contributed by atoms with E-state index in [0.29, 0.717) is 29.5 Å². The van der Waals surface area contributed by atoms with E-state index in [-0.39, 0.29) is 17.7 Å². The number of carbonyl (C=O) groups excluding carboxylic acids is 2. The minimum Gasteiger partial charge on any atom is -0.463 e. The van der Waals surface area contributed by atoms with Crippen molar-refractivity contribution < 1.29 is 18.7 Å². The Bertz CT molecular complexity index is 872. The van der Waals surface area contributed by atoms with Crippen molar-refractivity contribution in [3.05, 3.63) is 53.5 Å². The molecular formula is C22H27N3O4. The van der Waals surface area contributed by atoms with Gasteiger partial charge in [0, 0.05) is 30.3 Å². The normalized spacial score (nSPS) is 21.6. The van der Waals surface area contributed by atoms with E-state index >= 15 is 0 Å². The van der Waals surface area contributed by atoms with E-state index < -0.39 is 0 Å². The second kappa shape index (κ2) is 8.80. The lowest BCUT2D eigenvalue weighted by Crippen LogP contribution is -2.35. The van der Waals surface area contributed by atoms with Gasteiger partial charge in [-0.25, -0.2) is 0 Å². The fourth-order valence-electron chi connectivity index (χ4n) is 3.51. The maximum Gasteiger partial charge on any atom is 0.251 e. The zero-order valence-electron chi connectivity index (χ0n) is 16.6. The van der Waals surface area contributed by atoms with Crippen LogP contribution in [-0.2, 0) is 22.6 Å². The molecule has 1 aromatic carbocycles. The number of ether oxygens (including phenoxy) is 1. The first-order valence-electron chi connectivity index (χ1n) is 10.2. The highest BCUT2D eigenvalue weighted by molar-refractivity contribution is 5.98. The molecule has 2 amide bonds. The second-order valence-electron chi connectivity index (χ2n) is 7.83. The Morgan fingerprint density at radius 1 is 1.14 bits per heavy atom. The molecule has 2 aliphatic rings. The molecule has 1 saturated carbocycles. The molecule has 154 valence electrons. The van der Waals surface area contributed by atoms with Crippen molar-refractivity contribution in [2.45, 2.75) is 26.4 Å². The highest BCUT2D eigenvalue weighted by Gasteiger charge is 2.39. The number of hydrogen-bond donors (Lipinski definition) is 2. The van der Waals surface area contributed by atoms with Crippen molar-refractivity contribution in [2.24, 2.45) is 11.8 Å². The van der Waals surface area contributed by atoms with E-state index in [0.717, 1.165) is 45.0 Å². The fraction of sp³-hybridized carbons (Fsp3) is 0.455. The highest BCUT2D eigenvalue weighted by atomic mass is 16.5. The summed E-state index contributed by atoms with van der Waals surface area (Å²) in [6.45, 7) is 6.44. The summed E-state index contributed by atoms with van der Waals surface area (Å²) in [5.41, 5.74) is 1.15. The minimum absolute atomic E-state index is 0.0263. The first kappa shape index (κ1) is 19.7. The Morgan fingerprint density at radius 3 is 2.66 bits per heavy atom. The Morgan fingerprint density at radius 2 is 1.90 bits per heavy atom. The number of benzene rings is 1. The Labute approximate surface area is 170 Å². The third-order valence-electron chi connectivity index (χ3n) is 5.46. The van der Waals surface area contributed by atoms with Crippen LogP contribution in [0.1, 0.15) is 35.2 Å². The van der Waals surface area contributed by atoms with Crippen molar-refractivity contribution in [3.63, 3.8) is 0 Å². The number of carbonyl (C=O) groups is 2. The van der Waals surface area contributed by atoms with E-state index in [1.54, 1.807) is 24.3 Å². The topological polar surface area (TPSA) is 83.8 Å². The van der Waals surface area contributed by atoms with Gasteiger partial charge in [0.15, 0.2) is 0 Å². The summed E-state index contributed by atoms with van der Waals surface area (Å²) in [7, 11) is 0. The van der Waals surface area contributed by atoms with Crippen molar-refractivity contribution >= 4 is 17.5 Å². The van der Waals surface area contributed by atoms with E-state index in [2.05, 4.69) is 22.5 Å². The monoisotopic (exact) mass is 397 g/mol. The van der Waals surface area contributed by atoms with E-state index in [1.807, 2.05) is 12.1 Å². The lowest BCUT2D eigenvalue weighted by atomic mass is 10.2. The molecule has 1 saturated heterocycles. The van der Waals surface area contributed by atoms with Crippen LogP contribution >= 0.6 is 0 Å². The van der Waals surface area contributed by atoms with Gasteiger partial charge < -0.3 is 19.8 Å². The summed E-state index contributed by atoms with van der Waals surface area (Å²) in [5.74, 6) is 1.97. The molecule has 0 unspecified atom stereocenters. The summed E-state index contributed by atoms with van der Waals surface area (Å²) in [6.07, 6.45) is 0.933. The maximum absolute atomic E-state index is 12.5. The average molecular weight is 397 g/mol. The summed E-state index contributed by atoms with van der Waals surface area (Å²) in [6, 6.07) is 10.8. The number of nitrogens with one attached hydrogen (secondary N) is 2. The van der Waals surface area contributed by atoms with Crippen molar-refractivity contribution in [2.75, 3.05) is 31.6 Å². The van der Waals surface area contributed by atoms with Gasteiger partial charge in [0.1, 0.15) is 11.5 Å². The number of amides is 2. The number of rotatable bonds is 7. The van der Waals surface area contributed by atoms with Crippen LogP contribution in [0.5, 0.6) is 0 Å². The van der Waals surface area contributed by atoms with Gasteiger partial charge in [0.05, 0.1) is 26.3 Å². The lowest BCUT2D eigenvalue weighted by Gasteiger charge is -2.25. The van der Waals surface area contributed by atoms with Crippen LogP contribution in [-0.4, -0.2) is 43.0 Å². The first-order valence-corrected chi connectivity index (χ1v) is 10.2. The van der Waals surface area contributed by atoms with Crippen LogP contribution in [0.2, 0.25) is 0 Å². The number of anilines is 1. The SMILES string of the molecule is C[C@@H]1C[C@@H]1C(=O)Nc1cccc(C(=O)NCc2ccc(CN3CCOCC3)o2)c1. The van der Waals surface area contributed by atoms with Crippen LogP contribution in [0.3, 0.4) is 0 Å². The standard InChI is InChI=1S/C22H27N3O4/c1-15-11-20(15)22(27)24-17-4-2-3-16(12-17)21(26)23-13-18-5-6-19(29-18)14-25-7-9-28-10-8-25/h2-6,12,15,20H,7-11,13-14H2,1H3,(H,23,26)(H,24,27)/t15-,20+/m1/s1. The zero-order valence-corrected chi connectivity index (χ0v) is 16.6. The molecule has 1 aliphatic heterocycles. The summed E-state index contributed by atoms with van der Waals surface area (Å²) in [5, 5.41) is 5.77. The summed E-state index contributed by atoms with van der Waals surface area (Å²) < 4.78 is 11.2. The molecule has 7 heteroatoms. The Balaban J connectivity index is 1.28. The van der Waals surface area contributed by atoms with Gasteiger partial charge in [0.25, 0.3) is 5.91 Å². The summed E-state index contributed by atoms with van der Waals surface area (Å²) in [4.78, 5) is 26.9. The molecule has 2 atom stereocenters. The summed E-state index contributed by atoms with van der Waals surface area (Å²) >= 11 is 0. The predicted octanol–water partition coefficient (Wildman–Crippen LogP) is 2.64. The number of furan rings is 1. The molecule has 4 rings (SSSR count). The van der Waals surface area contributed by atoms with Crippen molar-refractivity contribution in [3.8, 4) is 0 Å². The molecule has 29 heavy (non-hydrogen) atoms. The Hall–Kier alpha value is -2.64. The molecule has 0 radical (unpaired) electrons. The van der Waals surface area contributed by atoms with Crippen LogP contribution < -0.4 is 10.6 Å². The fourth-order valence-corrected chi connectivity index (χ4v) is 3.51. The van der Waals surface area contributed by atoms with Gasteiger partial charge in [-0.3, -0.25) is 14.5 Å². The second-order valence-corrected chi connectivity index (χ2v) is 7.83. The van der Waals surface area contributed by atoms with E-state index in [1.165, 1.54) is 0 Å². The molecule has 2 aromatic rings. The molecule has 0 bridgehead atoms. The minimum atomic E-state index is -0.202. The van der Waals surface area contributed by atoms with Crippen LogP contribution in [0.25, 0.3) is 0 Å². The lowest BCUT2D eigenvalue weighted by molar-refractivity contribution is -0.117. The average Bonchev–Trinajstić information content (AvgIpc) is 3.30. The van der Waals surface area contributed by atoms with Gasteiger partial charge in [-0.15, -0.1) is 0 Å². The smallest absolute Gasteiger partial charge is 0.251 e. The van der Waals surface area contributed by atoms with Crippen LogP contribution in [0, 0.1) is 11.8 Å². The van der Waals surface area contributed by atoms with Crippen LogP contribution in [0.15, 0.2) is 40.8 Å². The number of nitrogens with zero attached hydrogens (tertiary/aromatic N) is 1. The molecule has 0 spiro atoms. The van der Waals surface area contributed by atoms with Crippen molar-refractivity contribution in [1.82, 2.24) is 10.2 Å². The molecular weight excluding hydrogens is 370 g/mol. The van der Waals surface area contributed by atoms with Gasteiger partial charge in [-0.05, 0) is 42.7 Å². The van der Waals surface area contributed by atoms with Crippen LogP contribution in [0.4, 0.5) is 5.69 Å². The molecule has 1 aliphatic carbocycles. The third kappa shape index (κ3) is 5.25. The zero-order chi connectivity index (χ0) is 20.2. The molecule has 2 heterocycles. The first-order chi connectivity index (χ1) is 14.1. The third-order valence-corrected chi connectivity index (χ3v) is 5.46. The highest BCUT2D eigenvalue weighted by Crippen LogP contribution is 2.38. The maximum atomic E-state index is 12.5. The Kier molecular flexibility index (Phi) is 5.97. The van der Waals surface area contributed by atoms with E-state index in [4.69, 9.17) is 9.15 Å². The predicted molar refractivity (Wildman–Crippen MR) is 108 cm³/mol. The molecule has 1 aromatic heterocycles. The largest absolute Gasteiger partial charge is 0.463 e. The van der Waals surface area contributed by atoms with Gasteiger partial charge in [0.2, 0.25) is 5.91 Å². The van der Waals surface area contributed by atoms with Gasteiger partial charge in [-0.2, -0.15) is 0 Å². The molecule has 2 fully saturated rings. The van der Waals surface area contributed by atoms with Crippen molar-refractivity contribution in [1.29, 1.82) is 0 Å². The van der Waals surface area contributed by atoms with Gasteiger partial charge in [-0.1, -0.05) is 13.0 Å². The van der Waals surface area contributed by atoms with E-state index in [9.17, 15) is 9.59 Å². The number of hydrogen-bond acceptors (Lipinski definition) is 5. The number of morpholine rings is 1.